The summed E-state index contributed by atoms with van der Waals surface area (Å²) in [5.41, 5.74) is 4.00. The number of carbonyl (C=O) groups is 1. The zero-order valence-electron chi connectivity index (χ0n) is 16.4. The molecule has 0 saturated carbocycles. The topological polar surface area (TPSA) is 44.4 Å². The predicted octanol–water partition coefficient (Wildman–Crippen LogP) is 4.73. The summed E-state index contributed by atoms with van der Waals surface area (Å²) < 4.78 is 14.4. The maximum absolute atomic E-state index is 14.4. The van der Waals surface area contributed by atoms with E-state index in [1.165, 1.54) is 6.07 Å². The highest BCUT2D eigenvalue weighted by molar-refractivity contribution is 5.96. The van der Waals surface area contributed by atoms with Crippen LogP contribution in [0.15, 0.2) is 36.4 Å². The number of halogens is 1. The van der Waals surface area contributed by atoms with Crippen molar-refractivity contribution in [3.63, 3.8) is 0 Å². The van der Waals surface area contributed by atoms with Crippen molar-refractivity contribution in [3.05, 3.63) is 53.3 Å². The molecule has 2 aromatic rings. The fourth-order valence-electron chi connectivity index (χ4n) is 2.59. The number of nitrogens with zero attached hydrogens (tertiary/aromatic N) is 1. The monoisotopic (exact) mass is 357 g/mol. The van der Waals surface area contributed by atoms with Crippen LogP contribution in [0.3, 0.4) is 0 Å². The molecule has 2 rings (SSSR count). The number of hydrogen-bond acceptors (Lipinski definition) is 3. The van der Waals surface area contributed by atoms with Crippen molar-refractivity contribution in [2.24, 2.45) is 0 Å². The SMILES string of the molecule is Cc1ccc(C)c(NC(=O)[C@H](C)Nc2ccc(N(C)C(C)C)c(F)c2)c1. The van der Waals surface area contributed by atoms with Gasteiger partial charge in [0, 0.05) is 24.5 Å². The van der Waals surface area contributed by atoms with Crippen LogP contribution >= 0.6 is 0 Å². The van der Waals surface area contributed by atoms with Crippen LogP contribution in [0.1, 0.15) is 31.9 Å². The van der Waals surface area contributed by atoms with Crippen LogP contribution in [0.5, 0.6) is 0 Å². The predicted molar refractivity (Wildman–Crippen MR) is 108 cm³/mol. The first-order valence-electron chi connectivity index (χ1n) is 8.86. The number of hydrogen-bond donors (Lipinski definition) is 2. The molecule has 0 aromatic heterocycles. The quantitative estimate of drug-likeness (QED) is 0.786. The van der Waals surface area contributed by atoms with Crippen LogP contribution in [0.25, 0.3) is 0 Å². The number of benzene rings is 2. The average Bonchev–Trinajstić information content (AvgIpc) is 2.57. The third kappa shape index (κ3) is 4.75. The van der Waals surface area contributed by atoms with E-state index in [1.807, 2.05) is 57.8 Å². The number of rotatable bonds is 6. The van der Waals surface area contributed by atoms with E-state index in [0.717, 1.165) is 16.8 Å². The summed E-state index contributed by atoms with van der Waals surface area (Å²) in [4.78, 5) is 14.3. The van der Waals surface area contributed by atoms with E-state index in [-0.39, 0.29) is 17.8 Å². The first-order valence-corrected chi connectivity index (χ1v) is 8.86. The Kier molecular flexibility index (Phi) is 6.24. The molecule has 0 bridgehead atoms. The van der Waals surface area contributed by atoms with Crippen molar-refractivity contribution in [1.82, 2.24) is 0 Å². The molecule has 1 amide bonds. The van der Waals surface area contributed by atoms with Crippen molar-refractivity contribution in [3.8, 4) is 0 Å². The lowest BCUT2D eigenvalue weighted by atomic mass is 10.1. The Balaban J connectivity index is 2.07. The summed E-state index contributed by atoms with van der Waals surface area (Å²) in [6, 6.07) is 10.6. The molecule has 0 fully saturated rings. The van der Waals surface area contributed by atoms with E-state index in [2.05, 4.69) is 10.6 Å². The van der Waals surface area contributed by atoms with Gasteiger partial charge in [-0.2, -0.15) is 0 Å². The van der Waals surface area contributed by atoms with Crippen LogP contribution in [0.4, 0.5) is 21.5 Å². The summed E-state index contributed by atoms with van der Waals surface area (Å²) in [6.45, 7) is 9.70. The molecule has 0 radical (unpaired) electrons. The minimum Gasteiger partial charge on any atom is -0.374 e. The molecule has 5 heteroatoms. The van der Waals surface area contributed by atoms with Gasteiger partial charge in [-0.25, -0.2) is 4.39 Å². The molecule has 2 N–H and O–H groups in total. The van der Waals surface area contributed by atoms with Gasteiger partial charge in [-0.05, 0) is 70.0 Å². The summed E-state index contributed by atoms with van der Waals surface area (Å²) in [5.74, 6) is -0.476. The second-order valence-electron chi connectivity index (χ2n) is 7.04. The Morgan fingerprint density at radius 3 is 2.38 bits per heavy atom. The Labute approximate surface area is 155 Å². The van der Waals surface area contributed by atoms with Gasteiger partial charge in [-0.1, -0.05) is 12.1 Å². The largest absolute Gasteiger partial charge is 0.374 e. The van der Waals surface area contributed by atoms with Crippen molar-refractivity contribution in [2.75, 3.05) is 22.6 Å². The number of aryl methyl sites for hydroxylation is 2. The maximum atomic E-state index is 14.4. The Morgan fingerprint density at radius 2 is 1.77 bits per heavy atom. The highest BCUT2D eigenvalue weighted by Gasteiger charge is 2.16. The van der Waals surface area contributed by atoms with E-state index in [9.17, 15) is 9.18 Å². The summed E-state index contributed by atoms with van der Waals surface area (Å²) in [7, 11) is 1.86. The van der Waals surface area contributed by atoms with E-state index in [0.29, 0.717) is 11.4 Å². The fourth-order valence-corrected chi connectivity index (χ4v) is 2.59. The van der Waals surface area contributed by atoms with Crippen LogP contribution in [0.2, 0.25) is 0 Å². The minimum absolute atomic E-state index is 0.164. The second-order valence-corrected chi connectivity index (χ2v) is 7.04. The molecule has 2 aromatic carbocycles. The van der Waals surface area contributed by atoms with Gasteiger partial charge in [-0.3, -0.25) is 4.79 Å². The normalized spacial score (nSPS) is 12.0. The molecular formula is C21H28FN3O. The van der Waals surface area contributed by atoms with Gasteiger partial charge in [0.1, 0.15) is 11.9 Å². The minimum atomic E-state index is -0.497. The molecule has 0 spiro atoms. The molecule has 0 aliphatic carbocycles. The highest BCUT2D eigenvalue weighted by Crippen LogP contribution is 2.24. The van der Waals surface area contributed by atoms with Gasteiger partial charge in [0.15, 0.2) is 0 Å². The van der Waals surface area contributed by atoms with Gasteiger partial charge in [-0.15, -0.1) is 0 Å². The Morgan fingerprint density at radius 1 is 1.08 bits per heavy atom. The van der Waals surface area contributed by atoms with Crippen molar-refractivity contribution < 1.29 is 9.18 Å². The first-order chi connectivity index (χ1) is 12.2. The number of anilines is 3. The maximum Gasteiger partial charge on any atom is 0.246 e. The Bertz CT molecular complexity index is 789. The smallest absolute Gasteiger partial charge is 0.246 e. The lowest BCUT2D eigenvalue weighted by Gasteiger charge is -2.25. The molecule has 140 valence electrons. The van der Waals surface area contributed by atoms with Gasteiger partial charge in [0.25, 0.3) is 0 Å². The molecule has 4 nitrogen and oxygen atoms in total. The molecule has 0 aliphatic rings. The van der Waals surface area contributed by atoms with Crippen LogP contribution < -0.4 is 15.5 Å². The lowest BCUT2D eigenvalue weighted by molar-refractivity contribution is -0.116. The van der Waals surface area contributed by atoms with E-state index in [4.69, 9.17) is 0 Å². The molecule has 0 aliphatic heterocycles. The van der Waals surface area contributed by atoms with E-state index in [1.54, 1.807) is 19.1 Å². The molecule has 0 saturated heterocycles. The first kappa shape index (κ1) is 19.8. The van der Waals surface area contributed by atoms with Gasteiger partial charge < -0.3 is 15.5 Å². The average molecular weight is 357 g/mol. The highest BCUT2D eigenvalue weighted by atomic mass is 19.1. The zero-order valence-corrected chi connectivity index (χ0v) is 16.4. The van der Waals surface area contributed by atoms with Gasteiger partial charge in [0.2, 0.25) is 5.91 Å². The van der Waals surface area contributed by atoms with Crippen molar-refractivity contribution in [1.29, 1.82) is 0 Å². The fraction of sp³-hybridized carbons (Fsp3) is 0.381. The summed E-state index contributed by atoms with van der Waals surface area (Å²) in [6.07, 6.45) is 0. The molecule has 0 unspecified atom stereocenters. The summed E-state index contributed by atoms with van der Waals surface area (Å²) >= 11 is 0. The standard InChI is InChI=1S/C21H28FN3O/c1-13(2)25(6)20-10-9-17(12-18(20)22)23-16(5)21(26)24-19-11-14(3)7-8-15(19)4/h7-13,16,23H,1-6H3,(H,24,26)/t16-/m0/s1. The Hall–Kier alpha value is -2.56. The third-order valence-electron chi connectivity index (χ3n) is 4.53. The van der Waals surface area contributed by atoms with E-state index < -0.39 is 6.04 Å². The summed E-state index contributed by atoms with van der Waals surface area (Å²) in [5, 5.41) is 5.99. The molecule has 0 heterocycles. The molecule has 26 heavy (non-hydrogen) atoms. The van der Waals surface area contributed by atoms with Crippen LogP contribution in [0, 0.1) is 19.7 Å². The number of nitrogens with one attached hydrogen (secondary N) is 2. The van der Waals surface area contributed by atoms with E-state index >= 15 is 0 Å². The van der Waals surface area contributed by atoms with Crippen LogP contribution in [-0.2, 0) is 4.79 Å². The van der Waals surface area contributed by atoms with Gasteiger partial charge >= 0.3 is 0 Å². The number of amides is 1. The molecule has 1 atom stereocenters. The van der Waals surface area contributed by atoms with Crippen LogP contribution in [-0.4, -0.2) is 25.0 Å². The third-order valence-corrected chi connectivity index (χ3v) is 4.53. The lowest BCUT2D eigenvalue weighted by Crippen LogP contribution is -2.32. The molecular weight excluding hydrogens is 329 g/mol. The van der Waals surface area contributed by atoms with Gasteiger partial charge in [0.05, 0.1) is 5.69 Å². The zero-order chi connectivity index (χ0) is 19.4. The van der Waals surface area contributed by atoms with Crippen molar-refractivity contribution in [2.45, 2.75) is 46.7 Å². The second kappa shape index (κ2) is 8.21. The van der Waals surface area contributed by atoms with Crippen molar-refractivity contribution >= 4 is 23.0 Å². The number of carbonyl (C=O) groups excluding carboxylic acids is 1.